The van der Waals surface area contributed by atoms with Crippen molar-refractivity contribution in [3.63, 3.8) is 0 Å². The van der Waals surface area contributed by atoms with Crippen LogP contribution >= 0.6 is 0 Å². The molecule has 0 spiro atoms. The number of hydrogen-bond donors (Lipinski definition) is 1. The highest BCUT2D eigenvalue weighted by Crippen LogP contribution is 2.36. The molecule has 1 heterocycles. The number of carbonyl (C=O) groups is 1. The molecule has 3 aromatic rings. The lowest BCUT2D eigenvalue weighted by Gasteiger charge is -2.12. The highest BCUT2D eigenvalue weighted by atomic mass is 19.4. The van der Waals surface area contributed by atoms with Crippen LogP contribution in [-0.4, -0.2) is 31.2 Å². The monoisotopic (exact) mass is 452 g/mol. The van der Waals surface area contributed by atoms with Crippen LogP contribution in [0.15, 0.2) is 66.5 Å². The quantitative estimate of drug-likeness (QED) is 0.494. The zero-order valence-corrected chi connectivity index (χ0v) is 18.1. The first kappa shape index (κ1) is 22.7. The van der Waals surface area contributed by atoms with Gasteiger partial charge in [0.2, 0.25) is 0 Å². The summed E-state index contributed by atoms with van der Waals surface area (Å²) < 4.78 is 44.0. The van der Waals surface area contributed by atoms with Crippen molar-refractivity contribution in [2.45, 2.75) is 19.0 Å². The molecular formula is C26H23F3N2O2. The molecule has 2 aromatic carbocycles. The number of alkyl halides is 3. The summed E-state index contributed by atoms with van der Waals surface area (Å²) in [7, 11) is 1.58. The van der Waals surface area contributed by atoms with E-state index in [-0.39, 0.29) is 5.91 Å². The second-order valence-corrected chi connectivity index (χ2v) is 7.94. The van der Waals surface area contributed by atoms with Gasteiger partial charge in [-0.25, -0.2) is 0 Å². The Morgan fingerprint density at radius 1 is 1.12 bits per heavy atom. The van der Waals surface area contributed by atoms with Crippen molar-refractivity contribution in [1.82, 2.24) is 10.3 Å². The van der Waals surface area contributed by atoms with Gasteiger partial charge in [-0.15, -0.1) is 0 Å². The molecule has 0 atom stereocenters. The predicted molar refractivity (Wildman–Crippen MR) is 121 cm³/mol. The molecule has 4 rings (SSSR count). The van der Waals surface area contributed by atoms with Gasteiger partial charge in [0, 0.05) is 31.6 Å². The highest BCUT2D eigenvalue weighted by Gasteiger charge is 2.31. The number of aromatic nitrogens is 1. The number of carbonyl (C=O) groups excluding carboxylic acids is 1. The molecule has 4 nitrogen and oxygen atoms in total. The van der Waals surface area contributed by atoms with Gasteiger partial charge in [0.1, 0.15) is 0 Å². The highest BCUT2D eigenvalue weighted by molar-refractivity contribution is 5.95. The van der Waals surface area contributed by atoms with E-state index < -0.39 is 11.7 Å². The van der Waals surface area contributed by atoms with Crippen LogP contribution in [-0.2, 0) is 23.8 Å². The minimum atomic E-state index is -4.41. The number of hydrogen-bond acceptors (Lipinski definition) is 3. The molecule has 33 heavy (non-hydrogen) atoms. The third kappa shape index (κ3) is 5.31. The van der Waals surface area contributed by atoms with Gasteiger partial charge in [-0.3, -0.25) is 9.78 Å². The first-order chi connectivity index (χ1) is 15.8. The summed E-state index contributed by atoms with van der Waals surface area (Å²) in [6.45, 7) is 0.867. The number of pyridine rings is 1. The molecule has 1 aliphatic carbocycles. The van der Waals surface area contributed by atoms with E-state index in [4.69, 9.17) is 4.74 Å². The fourth-order valence-electron chi connectivity index (χ4n) is 4.02. The second-order valence-electron chi connectivity index (χ2n) is 7.94. The maximum atomic E-state index is 13.0. The summed E-state index contributed by atoms with van der Waals surface area (Å²) in [5, 5.41) is 2.82. The fourth-order valence-corrected chi connectivity index (χ4v) is 4.02. The van der Waals surface area contributed by atoms with Crippen LogP contribution in [0.5, 0.6) is 0 Å². The Bertz CT molecular complexity index is 1200. The number of amides is 1. The smallest absolute Gasteiger partial charge is 0.383 e. The van der Waals surface area contributed by atoms with Gasteiger partial charge in [-0.1, -0.05) is 42.0 Å². The minimum Gasteiger partial charge on any atom is -0.383 e. The topological polar surface area (TPSA) is 51.2 Å². The molecular weight excluding hydrogens is 429 g/mol. The van der Waals surface area contributed by atoms with Crippen molar-refractivity contribution in [2.24, 2.45) is 0 Å². The number of halogens is 3. The molecule has 1 aromatic heterocycles. The van der Waals surface area contributed by atoms with Crippen molar-refractivity contribution in [2.75, 3.05) is 20.3 Å². The zero-order valence-electron chi connectivity index (χ0n) is 18.1. The lowest BCUT2D eigenvalue weighted by molar-refractivity contribution is -0.137. The average molecular weight is 452 g/mol. The van der Waals surface area contributed by atoms with E-state index in [1.807, 2.05) is 42.5 Å². The van der Waals surface area contributed by atoms with Crippen LogP contribution in [0.25, 0.3) is 17.2 Å². The van der Waals surface area contributed by atoms with E-state index in [1.165, 1.54) is 6.20 Å². The number of methoxy groups -OCH3 is 1. The summed E-state index contributed by atoms with van der Waals surface area (Å²) in [5.41, 5.74) is 5.43. The molecule has 0 unspecified atom stereocenters. The molecule has 1 aliphatic rings. The van der Waals surface area contributed by atoms with Crippen molar-refractivity contribution in [3.8, 4) is 11.1 Å². The summed E-state index contributed by atoms with van der Waals surface area (Å²) in [6, 6.07) is 14.5. The molecule has 0 saturated heterocycles. The van der Waals surface area contributed by atoms with Crippen molar-refractivity contribution >= 4 is 12.0 Å². The number of benzene rings is 2. The maximum absolute atomic E-state index is 13.0. The third-order valence-corrected chi connectivity index (χ3v) is 5.56. The normalized spacial score (nSPS) is 12.9. The van der Waals surface area contributed by atoms with E-state index in [1.54, 1.807) is 13.2 Å². The lowest BCUT2D eigenvalue weighted by Crippen LogP contribution is -2.26. The van der Waals surface area contributed by atoms with E-state index in [2.05, 4.69) is 10.3 Å². The van der Waals surface area contributed by atoms with Crippen LogP contribution in [0, 0.1) is 0 Å². The Hall–Kier alpha value is -3.45. The Kier molecular flexibility index (Phi) is 6.60. The van der Waals surface area contributed by atoms with Crippen LogP contribution in [0.2, 0.25) is 0 Å². The molecule has 0 bridgehead atoms. The maximum Gasteiger partial charge on any atom is 0.417 e. The van der Waals surface area contributed by atoms with Crippen molar-refractivity contribution in [3.05, 3.63) is 94.3 Å². The number of ether oxygens (including phenoxy) is 1. The zero-order chi connectivity index (χ0) is 23.4. The van der Waals surface area contributed by atoms with E-state index >= 15 is 0 Å². The Labute approximate surface area is 190 Å². The van der Waals surface area contributed by atoms with Crippen molar-refractivity contribution < 1.29 is 22.7 Å². The summed E-state index contributed by atoms with van der Waals surface area (Å²) in [6.07, 6.45) is 0.965. The lowest BCUT2D eigenvalue weighted by atomic mass is 9.94. The number of allylic oxidation sites excluding steroid dienone is 1. The largest absolute Gasteiger partial charge is 0.417 e. The van der Waals surface area contributed by atoms with Gasteiger partial charge in [-0.2, -0.15) is 13.2 Å². The van der Waals surface area contributed by atoms with Gasteiger partial charge < -0.3 is 10.1 Å². The van der Waals surface area contributed by atoms with Gasteiger partial charge in [0.25, 0.3) is 5.91 Å². The third-order valence-electron chi connectivity index (χ3n) is 5.56. The summed E-state index contributed by atoms with van der Waals surface area (Å²) >= 11 is 0. The van der Waals surface area contributed by atoms with E-state index in [0.717, 1.165) is 40.1 Å². The van der Waals surface area contributed by atoms with Crippen LogP contribution in [0.4, 0.5) is 13.2 Å². The summed E-state index contributed by atoms with van der Waals surface area (Å²) in [4.78, 5) is 16.2. The van der Waals surface area contributed by atoms with E-state index in [0.29, 0.717) is 37.1 Å². The molecule has 1 amide bonds. The SMILES string of the molecule is COCCNC(=O)c1cccc(-c2cccc3c2CC(Cc2cncc(C(F)(F)F)c2)=C3)c1. The first-order valence-corrected chi connectivity index (χ1v) is 10.5. The van der Waals surface area contributed by atoms with Gasteiger partial charge in [0.05, 0.1) is 12.2 Å². The van der Waals surface area contributed by atoms with Crippen LogP contribution in [0.1, 0.15) is 32.6 Å². The molecule has 0 saturated carbocycles. The molecule has 170 valence electrons. The number of rotatable bonds is 7. The number of nitrogens with one attached hydrogen (secondary N) is 1. The molecule has 1 N–H and O–H groups in total. The first-order valence-electron chi connectivity index (χ1n) is 10.5. The van der Waals surface area contributed by atoms with Gasteiger partial charge >= 0.3 is 6.18 Å². The molecule has 0 radical (unpaired) electrons. The molecule has 0 aliphatic heterocycles. The van der Waals surface area contributed by atoms with Crippen LogP contribution in [0.3, 0.4) is 0 Å². The molecule has 0 fully saturated rings. The fraction of sp³-hybridized carbons (Fsp3) is 0.231. The standard InChI is InChI=1S/C26H23F3N2O2/c1-33-9-8-31-25(32)21-6-2-4-20(14-21)23-7-3-5-19-11-17(13-24(19)23)10-18-12-22(16-30-15-18)26(27,28)29/h2-7,11-12,14-16H,8-10,13H2,1H3,(H,31,32). The second kappa shape index (κ2) is 9.58. The Balaban J connectivity index is 1.54. The Morgan fingerprint density at radius 3 is 2.73 bits per heavy atom. The van der Waals surface area contributed by atoms with Crippen LogP contribution < -0.4 is 5.32 Å². The van der Waals surface area contributed by atoms with E-state index in [9.17, 15) is 18.0 Å². The van der Waals surface area contributed by atoms with Gasteiger partial charge in [-0.05, 0) is 58.9 Å². The molecule has 7 heteroatoms. The number of nitrogens with zero attached hydrogens (tertiary/aromatic N) is 1. The summed E-state index contributed by atoms with van der Waals surface area (Å²) in [5.74, 6) is -0.169. The van der Waals surface area contributed by atoms with Gasteiger partial charge in [0.15, 0.2) is 0 Å². The predicted octanol–water partition coefficient (Wildman–Crippen LogP) is 5.33. The Morgan fingerprint density at radius 2 is 1.94 bits per heavy atom. The number of fused-ring (bicyclic) bond motifs is 1. The van der Waals surface area contributed by atoms with Crippen molar-refractivity contribution in [1.29, 1.82) is 0 Å². The average Bonchev–Trinajstić information content (AvgIpc) is 3.21. The minimum absolute atomic E-state index is 0.169.